The van der Waals surface area contributed by atoms with Crippen molar-refractivity contribution in [2.24, 2.45) is 5.10 Å². The summed E-state index contributed by atoms with van der Waals surface area (Å²) in [5.74, 6) is 0.410. The number of amides is 1. The number of para-hydroxylation sites is 1. The van der Waals surface area contributed by atoms with Gasteiger partial charge in [-0.3, -0.25) is 0 Å². The summed E-state index contributed by atoms with van der Waals surface area (Å²) < 4.78 is 5.22. The number of hydrazone groups is 1. The van der Waals surface area contributed by atoms with E-state index in [0.29, 0.717) is 5.75 Å². The van der Waals surface area contributed by atoms with Gasteiger partial charge in [-0.1, -0.05) is 42.5 Å². The SMILES string of the molecule is N#CC1c2ccccc2C=NN1C(=O)Oc1ccccc1. The fraction of sp³-hybridized carbons (Fsp3) is 0.0625. The highest BCUT2D eigenvalue weighted by Crippen LogP contribution is 2.27. The summed E-state index contributed by atoms with van der Waals surface area (Å²) in [6.45, 7) is 0. The molecule has 1 aliphatic heterocycles. The zero-order valence-corrected chi connectivity index (χ0v) is 11.0. The smallest absolute Gasteiger partial charge is 0.409 e. The monoisotopic (exact) mass is 277 g/mol. The number of carbonyl (C=O) groups excluding carboxylic acids is 1. The van der Waals surface area contributed by atoms with E-state index < -0.39 is 12.1 Å². The van der Waals surface area contributed by atoms with Gasteiger partial charge in [0.2, 0.25) is 0 Å². The number of fused-ring (bicyclic) bond motifs is 1. The normalized spacial score (nSPS) is 16.0. The van der Waals surface area contributed by atoms with Crippen LogP contribution in [0.1, 0.15) is 17.2 Å². The molecule has 5 nitrogen and oxygen atoms in total. The van der Waals surface area contributed by atoms with E-state index in [2.05, 4.69) is 11.2 Å². The molecule has 0 fully saturated rings. The van der Waals surface area contributed by atoms with Crippen LogP contribution in [0.15, 0.2) is 59.7 Å². The fourth-order valence-corrected chi connectivity index (χ4v) is 2.11. The summed E-state index contributed by atoms with van der Waals surface area (Å²) in [5.41, 5.74) is 1.56. The molecule has 0 saturated heterocycles. The van der Waals surface area contributed by atoms with Gasteiger partial charge in [-0.2, -0.15) is 15.4 Å². The number of nitriles is 1. The van der Waals surface area contributed by atoms with E-state index in [-0.39, 0.29) is 0 Å². The molecule has 0 spiro atoms. The molecule has 102 valence electrons. The maximum absolute atomic E-state index is 12.2. The molecule has 1 heterocycles. The lowest BCUT2D eigenvalue weighted by molar-refractivity contribution is 0.143. The Kier molecular flexibility index (Phi) is 3.36. The summed E-state index contributed by atoms with van der Waals surface area (Å²) in [4.78, 5) is 12.2. The van der Waals surface area contributed by atoms with Crippen molar-refractivity contribution in [2.45, 2.75) is 6.04 Å². The predicted octanol–water partition coefficient (Wildman–Crippen LogP) is 3.10. The Labute approximate surface area is 121 Å². The molecular weight excluding hydrogens is 266 g/mol. The van der Waals surface area contributed by atoms with Gasteiger partial charge in [0, 0.05) is 5.56 Å². The van der Waals surface area contributed by atoms with Gasteiger partial charge in [-0.15, -0.1) is 0 Å². The molecule has 1 aliphatic rings. The van der Waals surface area contributed by atoms with Crippen LogP contribution in [0.5, 0.6) is 5.75 Å². The molecule has 0 radical (unpaired) electrons. The van der Waals surface area contributed by atoms with Crippen LogP contribution in [0.25, 0.3) is 0 Å². The highest BCUT2D eigenvalue weighted by molar-refractivity contribution is 5.86. The van der Waals surface area contributed by atoms with Gasteiger partial charge >= 0.3 is 6.09 Å². The van der Waals surface area contributed by atoms with Crippen LogP contribution in [0, 0.1) is 11.3 Å². The summed E-state index contributed by atoms with van der Waals surface area (Å²) in [6, 6.07) is 17.3. The van der Waals surface area contributed by atoms with Gasteiger partial charge in [-0.25, -0.2) is 4.79 Å². The number of carbonyl (C=O) groups is 1. The number of nitrogens with zero attached hydrogens (tertiary/aromatic N) is 3. The first kappa shape index (κ1) is 12.9. The van der Waals surface area contributed by atoms with Crippen LogP contribution < -0.4 is 4.74 Å². The van der Waals surface area contributed by atoms with Gasteiger partial charge in [-0.05, 0) is 17.7 Å². The van der Waals surface area contributed by atoms with Gasteiger partial charge in [0.15, 0.2) is 6.04 Å². The molecular formula is C16H11N3O2. The Morgan fingerprint density at radius 1 is 1.14 bits per heavy atom. The number of benzene rings is 2. The van der Waals surface area contributed by atoms with E-state index in [4.69, 9.17) is 4.74 Å². The molecule has 0 aliphatic carbocycles. The lowest BCUT2D eigenvalue weighted by Gasteiger charge is -2.26. The van der Waals surface area contributed by atoms with E-state index in [1.165, 1.54) is 0 Å². The molecule has 0 saturated carbocycles. The third-order valence-electron chi connectivity index (χ3n) is 3.11. The second-order valence-electron chi connectivity index (χ2n) is 4.43. The standard InChI is InChI=1S/C16H11N3O2/c17-10-15-14-9-5-4-6-12(14)11-18-19(15)16(20)21-13-7-2-1-3-8-13/h1-9,11,15H. The number of hydrogen-bond acceptors (Lipinski definition) is 4. The summed E-state index contributed by atoms with van der Waals surface area (Å²) >= 11 is 0. The van der Waals surface area contributed by atoms with Crippen molar-refractivity contribution in [3.63, 3.8) is 0 Å². The van der Waals surface area contributed by atoms with Crippen molar-refractivity contribution < 1.29 is 9.53 Å². The van der Waals surface area contributed by atoms with Crippen molar-refractivity contribution in [1.29, 1.82) is 5.26 Å². The van der Waals surface area contributed by atoms with Crippen LogP contribution in [0.4, 0.5) is 4.79 Å². The fourth-order valence-electron chi connectivity index (χ4n) is 2.11. The molecule has 0 bridgehead atoms. The Hall–Kier alpha value is -3.13. The molecule has 21 heavy (non-hydrogen) atoms. The Morgan fingerprint density at radius 2 is 1.86 bits per heavy atom. The van der Waals surface area contributed by atoms with Crippen LogP contribution >= 0.6 is 0 Å². The molecule has 1 atom stereocenters. The Bertz CT molecular complexity index is 735. The maximum atomic E-state index is 12.2. The number of hydrogen-bond donors (Lipinski definition) is 0. The van der Waals surface area contributed by atoms with Gasteiger partial charge in [0.1, 0.15) is 5.75 Å². The zero-order valence-electron chi connectivity index (χ0n) is 11.0. The molecule has 5 heteroatoms. The van der Waals surface area contributed by atoms with Crippen molar-refractivity contribution in [2.75, 3.05) is 0 Å². The van der Waals surface area contributed by atoms with Gasteiger partial charge < -0.3 is 4.74 Å². The van der Waals surface area contributed by atoms with E-state index >= 15 is 0 Å². The number of ether oxygens (including phenoxy) is 1. The molecule has 2 aromatic rings. The second kappa shape index (κ2) is 5.47. The van der Waals surface area contributed by atoms with Crippen LogP contribution in [-0.4, -0.2) is 17.3 Å². The van der Waals surface area contributed by atoms with Crippen molar-refractivity contribution in [3.05, 3.63) is 65.7 Å². The minimum atomic E-state index is -0.789. The first-order chi connectivity index (χ1) is 10.3. The van der Waals surface area contributed by atoms with E-state index in [9.17, 15) is 10.1 Å². The highest BCUT2D eigenvalue weighted by Gasteiger charge is 2.30. The predicted molar refractivity (Wildman–Crippen MR) is 76.7 cm³/mol. The highest BCUT2D eigenvalue weighted by atomic mass is 16.6. The third kappa shape index (κ3) is 2.47. The largest absolute Gasteiger partial charge is 0.437 e. The van der Waals surface area contributed by atoms with Crippen molar-refractivity contribution in [3.8, 4) is 11.8 Å². The van der Waals surface area contributed by atoms with Crippen molar-refractivity contribution >= 4 is 12.3 Å². The third-order valence-corrected chi connectivity index (χ3v) is 3.11. The molecule has 1 unspecified atom stereocenters. The molecule has 3 rings (SSSR count). The molecule has 0 aromatic heterocycles. The first-order valence-corrected chi connectivity index (χ1v) is 6.38. The lowest BCUT2D eigenvalue weighted by atomic mass is 10.0. The minimum absolute atomic E-state index is 0.410. The topological polar surface area (TPSA) is 65.7 Å². The van der Waals surface area contributed by atoms with Gasteiger partial charge in [0.05, 0.1) is 12.3 Å². The molecule has 0 N–H and O–H groups in total. The summed E-state index contributed by atoms with van der Waals surface area (Å²) in [5, 5.41) is 14.4. The van der Waals surface area contributed by atoms with Gasteiger partial charge in [0.25, 0.3) is 0 Å². The summed E-state index contributed by atoms with van der Waals surface area (Å²) in [7, 11) is 0. The average molecular weight is 277 g/mol. The van der Waals surface area contributed by atoms with E-state index in [0.717, 1.165) is 16.1 Å². The summed E-state index contributed by atoms with van der Waals surface area (Å²) in [6.07, 6.45) is 0.869. The van der Waals surface area contributed by atoms with E-state index in [1.807, 2.05) is 24.3 Å². The molecule has 2 aromatic carbocycles. The Balaban J connectivity index is 1.87. The Morgan fingerprint density at radius 3 is 2.62 bits per heavy atom. The lowest BCUT2D eigenvalue weighted by Crippen LogP contribution is -2.34. The average Bonchev–Trinajstić information content (AvgIpc) is 2.54. The quantitative estimate of drug-likeness (QED) is 0.804. The number of rotatable bonds is 1. The van der Waals surface area contributed by atoms with Crippen molar-refractivity contribution in [1.82, 2.24) is 5.01 Å². The van der Waals surface area contributed by atoms with Crippen LogP contribution in [-0.2, 0) is 0 Å². The van der Waals surface area contributed by atoms with Crippen LogP contribution in [0.2, 0.25) is 0 Å². The van der Waals surface area contributed by atoms with Crippen LogP contribution in [0.3, 0.4) is 0 Å². The maximum Gasteiger partial charge on any atom is 0.437 e. The zero-order chi connectivity index (χ0) is 14.7. The van der Waals surface area contributed by atoms with E-state index in [1.54, 1.807) is 36.5 Å². The second-order valence-corrected chi connectivity index (χ2v) is 4.43. The minimum Gasteiger partial charge on any atom is -0.409 e. The molecule has 1 amide bonds. The first-order valence-electron chi connectivity index (χ1n) is 6.38.